The van der Waals surface area contributed by atoms with Gasteiger partial charge >= 0.3 is 0 Å². The van der Waals surface area contributed by atoms with Gasteiger partial charge in [0.1, 0.15) is 6.10 Å². The number of ether oxygens (including phenoxy) is 1. The van der Waals surface area contributed by atoms with E-state index in [9.17, 15) is 4.79 Å². The Morgan fingerprint density at radius 3 is 3.06 bits per heavy atom. The fourth-order valence-electron chi connectivity index (χ4n) is 1.51. The van der Waals surface area contributed by atoms with Crippen LogP contribution >= 0.6 is 11.8 Å². The summed E-state index contributed by atoms with van der Waals surface area (Å²) in [6, 6.07) is 3.37. The molecular formula is C11H14N2O3S. The summed E-state index contributed by atoms with van der Waals surface area (Å²) in [5.74, 6) is 2.39. The van der Waals surface area contributed by atoms with Gasteiger partial charge < -0.3 is 4.74 Å². The molecule has 1 atom stereocenters. The molecule has 1 aromatic heterocycles. The molecule has 6 heteroatoms. The van der Waals surface area contributed by atoms with Crippen LogP contribution in [0.3, 0.4) is 0 Å². The second-order valence-electron chi connectivity index (χ2n) is 3.62. The first-order chi connectivity index (χ1) is 8.29. The summed E-state index contributed by atoms with van der Waals surface area (Å²) in [7, 11) is 1.39. The van der Waals surface area contributed by atoms with Crippen molar-refractivity contribution in [3.8, 4) is 5.88 Å². The Balaban J connectivity index is 1.94. The maximum Gasteiger partial charge on any atom is 0.276 e. The Labute approximate surface area is 104 Å². The van der Waals surface area contributed by atoms with Gasteiger partial charge in [0.25, 0.3) is 5.91 Å². The molecule has 0 radical (unpaired) electrons. The average molecular weight is 254 g/mol. The average Bonchev–Trinajstić information content (AvgIpc) is 2.83. The molecule has 17 heavy (non-hydrogen) atoms. The van der Waals surface area contributed by atoms with E-state index in [2.05, 4.69) is 15.3 Å². The molecular weight excluding hydrogens is 240 g/mol. The van der Waals surface area contributed by atoms with Crippen molar-refractivity contribution in [1.82, 2.24) is 10.5 Å². The van der Waals surface area contributed by atoms with Crippen LogP contribution in [0.1, 0.15) is 16.8 Å². The molecule has 0 saturated carbocycles. The lowest BCUT2D eigenvalue weighted by atomic mass is 10.3. The lowest BCUT2D eigenvalue weighted by Crippen LogP contribution is -2.22. The van der Waals surface area contributed by atoms with Gasteiger partial charge in [0.2, 0.25) is 5.88 Å². The van der Waals surface area contributed by atoms with E-state index in [1.165, 1.54) is 13.3 Å². The lowest BCUT2D eigenvalue weighted by Gasteiger charge is -2.11. The van der Waals surface area contributed by atoms with Crippen molar-refractivity contribution in [2.24, 2.45) is 0 Å². The molecule has 5 nitrogen and oxygen atoms in total. The molecule has 0 bridgehead atoms. The molecule has 1 unspecified atom stereocenters. The van der Waals surface area contributed by atoms with Gasteiger partial charge in [-0.1, -0.05) is 0 Å². The number of aromatic nitrogens is 1. The van der Waals surface area contributed by atoms with Crippen LogP contribution in [0.5, 0.6) is 5.88 Å². The summed E-state index contributed by atoms with van der Waals surface area (Å²) in [5.41, 5.74) is 2.68. The Kier molecular flexibility index (Phi) is 4.22. The summed E-state index contributed by atoms with van der Waals surface area (Å²) in [6.45, 7) is 0. The fraction of sp³-hybridized carbons (Fsp3) is 0.455. The van der Waals surface area contributed by atoms with Crippen molar-refractivity contribution in [2.75, 3.05) is 18.6 Å². The molecule has 92 valence electrons. The predicted molar refractivity (Wildman–Crippen MR) is 65.1 cm³/mol. The first kappa shape index (κ1) is 12.2. The topological polar surface area (TPSA) is 60.5 Å². The van der Waals surface area contributed by atoms with Crippen molar-refractivity contribution < 1.29 is 14.4 Å². The first-order valence-corrected chi connectivity index (χ1v) is 6.49. The number of hydrogen-bond acceptors (Lipinski definition) is 5. The molecule has 1 aliphatic heterocycles. The molecule has 0 aromatic carbocycles. The monoisotopic (exact) mass is 254 g/mol. The third-order valence-corrected chi connectivity index (χ3v) is 3.50. The summed E-state index contributed by atoms with van der Waals surface area (Å²) < 4.78 is 5.68. The lowest BCUT2D eigenvalue weighted by molar-refractivity contribution is 0.0537. The number of nitrogens with one attached hydrogen (secondary N) is 1. The van der Waals surface area contributed by atoms with E-state index in [4.69, 9.17) is 4.74 Å². The highest BCUT2D eigenvalue weighted by Crippen LogP contribution is 2.21. The van der Waals surface area contributed by atoms with Crippen LogP contribution in [0.4, 0.5) is 0 Å². The molecule has 0 aliphatic carbocycles. The predicted octanol–water partition coefficient (Wildman–Crippen LogP) is 1.26. The van der Waals surface area contributed by atoms with Gasteiger partial charge in [0.05, 0.1) is 12.7 Å². The summed E-state index contributed by atoms with van der Waals surface area (Å²) in [6.07, 6.45) is 2.77. The highest BCUT2D eigenvalue weighted by Gasteiger charge is 2.17. The van der Waals surface area contributed by atoms with Gasteiger partial charge in [-0.3, -0.25) is 9.63 Å². The summed E-state index contributed by atoms with van der Waals surface area (Å²) in [4.78, 5) is 20.0. The molecule has 0 spiro atoms. The zero-order chi connectivity index (χ0) is 12.1. The number of carbonyl (C=O) groups is 1. The van der Waals surface area contributed by atoms with Crippen LogP contribution in [0, 0.1) is 0 Å². The number of pyridine rings is 1. The van der Waals surface area contributed by atoms with Crippen molar-refractivity contribution in [2.45, 2.75) is 12.5 Å². The molecule has 1 aromatic rings. The van der Waals surface area contributed by atoms with E-state index in [1.807, 2.05) is 11.8 Å². The Morgan fingerprint density at radius 1 is 1.59 bits per heavy atom. The second-order valence-corrected chi connectivity index (χ2v) is 4.77. The van der Waals surface area contributed by atoms with Gasteiger partial charge in [0.15, 0.2) is 0 Å². The van der Waals surface area contributed by atoms with Crippen molar-refractivity contribution in [3.05, 3.63) is 23.9 Å². The number of carbonyl (C=O) groups excluding carboxylic acids is 1. The van der Waals surface area contributed by atoms with Gasteiger partial charge in [-0.05, 0) is 18.2 Å². The van der Waals surface area contributed by atoms with Crippen molar-refractivity contribution in [3.63, 3.8) is 0 Å². The normalized spacial score (nSPS) is 19.0. The summed E-state index contributed by atoms with van der Waals surface area (Å²) in [5, 5.41) is 0. The number of hydrogen-bond donors (Lipinski definition) is 1. The number of thioether (sulfide) groups is 1. The van der Waals surface area contributed by atoms with Gasteiger partial charge in [-0.15, -0.1) is 0 Å². The SMILES string of the molecule is CONC(=O)c1ccc(OC2CCSC2)nc1. The second kappa shape index (κ2) is 5.88. The Hall–Kier alpha value is -1.27. The molecule has 2 rings (SSSR count). The smallest absolute Gasteiger partial charge is 0.276 e. The van der Waals surface area contributed by atoms with Gasteiger partial charge in [-0.2, -0.15) is 11.8 Å². The minimum Gasteiger partial charge on any atom is -0.473 e. The van der Waals surface area contributed by atoms with E-state index in [0.717, 1.165) is 17.9 Å². The molecule has 2 heterocycles. The van der Waals surface area contributed by atoms with Gasteiger partial charge in [-0.25, -0.2) is 10.5 Å². The Bertz CT molecular complexity index is 377. The summed E-state index contributed by atoms with van der Waals surface area (Å²) >= 11 is 1.88. The van der Waals surface area contributed by atoms with Crippen LogP contribution in [-0.2, 0) is 4.84 Å². The largest absolute Gasteiger partial charge is 0.473 e. The zero-order valence-electron chi connectivity index (χ0n) is 9.51. The third kappa shape index (κ3) is 3.34. The molecule has 1 fully saturated rings. The van der Waals surface area contributed by atoms with E-state index < -0.39 is 0 Å². The number of hydroxylamine groups is 1. The Morgan fingerprint density at radius 2 is 2.47 bits per heavy atom. The van der Waals surface area contributed by atoms with Crippen LogP contribution in [0.2, 0.25) is 0 Å². The number of rotatable bonds is 4. The maximum absolute atomic E-state index is 11.4. The van der Waals surface area contributed by atoms with Gasteiger partial charge in [0, 0.05) is 18.0 Å². The molecule has 1 N–H and O–H groups in total. The highest BCUT2D eigenvalue weighted by molar-refractivity contribution is 7.99. The van der Waals surface area contributed by atoms with Crippen LogP contribution in [-0.4, -0.2) is 35.6 Å². The minimum atomic E-state index is -0.317. The van der Waals surface area contributed by atoms with Crippen LogP contribution in [0.15, 0.2) is 18.3 Å². The molecule has 1 amide bonds. The standard InChI is InChI=1S/C11H14N2O3S/c1-15-13-11(14)8-2-3-10(12-6-8)16-9-4-5-17-7-9/h2-3,6,9H,4-5,7H2,1H3,(H,13,14). The van der Waals surface area contributed by atoms with E-state index in [-0.39, 0.29) is 12.0 Å². The quantitative estimate of drug-likeness (QED) is 0.820. The van der Waals surface area contributed by atoms with Crippen molar-refractivity contribution >= 4 is 17.7 Å². The van der Waals surface area contributed by atoms with E-state index >= 15 is 0 Å². The minimum absolute atomic E-state index is 0.242. The third-order valence-electron chi connectivity index (χ3n) is 2.37. The highest BCUT2D eigenvalue weighted by atomic mass is 32.2. The van der Waals surface area contributed by atoms with E-state index in [1.54, 1.807) is 12.1 Å². The maximum atomic E-state index is 11.4. The molecule has 1 saturated heterocycles. The van der Waals surface area contributed by atoms with Crippen LogP contribution in [0.25, 0.3) is 0 Å². The fourth-order valence-corrected chi connectivity index (χ4v) is 2.61. The van der Waals surface area contributed by atoms with Crippen molar-refractivity contribution in [1.29, 1.82) is 0 Å². The first-order valence-electron chi connectivity index (χ1n) is 5.33. The number of nitrogens with zero attached hydrogens (tertiary/aromatic N) is 1. The zero-order valence-corrected chi connectivity index (χ0v) is 10.3. The van der Waals surface area contributed by atoms with Crippen LogP contribution < -0.4 is 10.2 Å². The van der Waals surface area contributed by atoms with E-state index in [0.29, 0.717) is 11.4 Å². The number of amides is 1. The molecule has 1 aliphatic rings.